The van der Waals surface area contributed by atoms with Gasteiger partial charge in [-0.3, -0.25) is 4.79 Å². The number of rotatable bonds is 5. The predicted molar refractivity (Wildman–Crippen MR) is 128 cm³/mol. The molecule has 182 valence electrons. The summed E-state index contributed by atoms with van der Waals surface area (Å²) in [6.45, 7) is 7.56. The quantitative estimate of drug-likeness (QED) is 0.586. The van der Waals surface area contributed by atoms with E-state index in [1.807, 2.05) is 6.92 Å². The maximum Gasteiger partial charge on any atom is 0.410 e. The van der Waals surface area contributed by atoms with Gasteiger partial charge in [0.25, 0.3) is 0 Å². The van der Waals surface area contributed by atoms with E-state index < -0.39 is 22.8 Å². The lowest BCUT2D eigenvalue weighted by molar-refractivity contribution is -0.115. The first-order valence-corrected chi connectivity index (χ1v) is 12.5. The number of benzene rings is 1. The third kappa shape index (κ3) is 5.75. The topological polar surface area (TPSA) is 129 Å². The van der Waals surface area contributed by atoms with E-state index in [-0.39, 0.29) is 35.6 Å². The van der Waals surface area contributed by atoms with Gasteiger partial charge in [-0.25, -0.2) is 9.00 Å². The molecule has 3 rings (SSSR count). The first-order valence-electron chi connectivity index (χ1n) is 10.5. The summed E-state index contributed by atoms with van der Waals surface area (Å²) in [4.78, 5) is 28.1. The Morgan fingerprint density at radius 3 is 2.68 bits per heavy atom. The zero-order valence-corrected chi connectivity index (χ0v) is 21.3. The smallest absolute Gasteiger partial charge is 0.410 e. The number of carbonyl (C=O) groups excluding carboxylic acids is 2. The first kappa shape index (κ1) is 25.7. The van der Waals surface area contributed by atoms with Crippen molar-refractivity contribution >= 4 is 39.4 Å². The fraction of sp³-hybridized carbons (Fsp3) is 0.435. The Morgan fingerprint density at radius 1 is 1.38 bits per heavy atom. The van der Waals surface area contributed by atoms with Crippen LogP contribution in [0.15, 0.2) is 23.1 Å². The highest BCUT2D eigenvalue weighted by molar-refractivity contribution is 7.79. The van der Waals surface area contributed by atoms with Gasteiger partial charge in [-0.05, 0) is 45.4 Å². The normalized spacial score (nSPS) is 16.3. The standard InChI is InChI=1S/C23H27N3O6S2/c1-13-8-18-16(12-26(13)22(28)32-23(2,3)4)15(11-24)21(33-18)25-20(27)10-14-6-7-19(34(29)30)17(9-14)31-5/h6-7,9,13H,8,10,12H2,1-5H3,(H,25,27)(H,29,30). The van der Waals surface area contributed by atoms with E-state index in [1.165, 1.54) is 30.6 Å². The van der Waals surface area contributed by atoms with Crippen molar-refractivity contribution in [2.45, 2.75) is 63.6 Å². The Bertz CT molecular complexity index is 1180. The predicted octanol–water partition coefficient (Wildman–Crippen LogP) is 4.07. The number of hydrogen-bond acceptors (Lipinski definition) is 7. The molecule has 2 unspecified atom stereocenters. The largest absolute Gasteiger partial charge is 0.495 e. The van der Waals surface area contributed by atoms with Crippen LogP contribution in [0.4, 0.5) is 9.80 Å². The van der Waals surface area contributed by atoms with Gasteiger partial charge in [-0.1, -0.05) is 6.07 Å². The summed E-state index contributed by atoms with van der Waals surface area (Å²) in [5, 5.41) is 13.0. The van der Waals surface area contributed by atoms with Crippen LogP contribution in [0.2, 0.25) is 0 Å². The van der Waals surface area contributed by atoms with Gasteiger partial charge in [-0.2, -0.15) is 5.26 Å². The molecule has 34 heavy (non-hydrogen) atoms. The number of nitrogens with one attached hydrogen (secondary N) is 1. The molecule has 1 aromatic heterocycles. The van der Waals surface area contributed by atoms with E-state index in [4.69, 9.17) is 9.47 Å². The summed E-state index contributed by atoms with van der Waals surface area (Å²) >= 11 is -0.867. The van der Waals surface area contributed by atoms with E-state index in [2.05, 4.69) is 11.4 Å². The number of fused-ring (bicyclic) bond motifs is 1. The summed E-state index contributed by atoms with van der Waals surface area (Å²) < 4.78 is 31.3. The summed E-state index contributed by atoms with van der Waals surface area (Å²) in [6, 6.07) is 6.61. The number of nitrogens with zero attached hydrogens (tertiary/aromatic N) is 2. The van der Waals surface area contributed by atoms with Crippen LogP contribution in [0, 0.1) is 11.3 Å². The lowest BCUT2D eigenvalue weighted by Gasteiger charge is -2.34. The average molecular weight is 506 g/mol. The summed E-state index contributed by atoms with van der Waals surface area (Å²) in [5.74, 6) is -0.126. The third-order valence-corrected chi connectivity index (χ3v) is 7.09. The Balaban J connectivity index is 1.78. The number of ether oxygens (including phenoxy) is 2. The lowest BCUT2D eigenvalue weighted by Crippen LogP contribution is -2.44. The average Bonchev–Trinajstić information content (AvgIpc) is 3.06. The van der Waals surface area contributed by atoms with Crippen molar-refractivity contribution in [2.24, 2.45) is 0 Å². The molecule has 2 heterocycles. The molecule has 2 amide bonds. The summed E-state index contributed by atoms with van der Waals surface area (Å²) in [5.41, 5.74) is 1.03. The highest BCUT2D eigenvalue weighted by atomic mass is 32.2. The van der Waals surface area contributed by atoms with Crippen LogP contribution in [-0.2, 0) is 40.0 Å². The Morgan fingerprint density at radius 2 is 2.09 bits per heavy atom. The van der Waals surface area contributed by atoms with Gasteiger partial charge in [0, 0.05) is 22.9 Å². The van der Waals surface area contributed by atoms with E-state index in [9.17, 15) is 23.6 Å². The molecule has 0 saturated heterocycles. The summed E-state index contributed by atoms with van der Waals surface area (Å²) in [6.07, 6.45) is 0.107. The van der Waals surface area contributed by atoms with Crippen molar-refractivity contribution in [3.05, 3.63) is 39.8 Å². The number of anilines is 1. The minimum Gasteiger partial charge on any atom is -0.495 e. The zero-order valence-electron chi connectivity index (χ0n) is 19.6. The highest BCUT2D eigenvalue weighted by Gasteiger charge is 2.34. The molecule has 1 aliphatic heterocycles. The number of amides is 2. The van der Waals surface area contributed by atoms with Crippen molar-refractivity contribution in [2.75, 3.05) is 12.4 Å². The molecule has 0 saturated carbocycles. The number of methoxy groups -OCH3 is 1. The van der Waals surface area contributed by atoms with Crippen molar-refractivity contribution in [1.82, 2.24) is 4.90 Å². The Kier molecular flexibility index (Phi) is 7.65. The van der Waals surface area contributed by atoms with E-state index >= 15 is 0 Å². The Labute approximate surface area is 204 Å². The number of hydrogen-bond donors (Lipinski definition) is 2. The molecule has 0 spiro atoms. The fourth-order valence-electron chi connectivity index (χ4n) is 3.64. The van der Waals surface area contributed by atoms with Crippen molar-refractivity contribution in [3.8, 4) is 11.8 Å². The van der Waals surface area contributed by atoms with Crippen LogP contribution in [0.3, 0.4) is 0 Å². The summed E-state index contributed by atoms with van der Waals surface area (Å²) in [7, 11) is 1.38. The number of thiophene rings is 1. The lowest BCUT2D eigenvalue weighted by atomic mass is 10.0. The molecule has 0 fully saturated rings. The molecule has 0 radical (unpaired) electrons. The van der Waals surface area contributed by atoms with Gasteiger partial charge in [0.05, 0.1) is 25.6 Å². The van der Waals surface area contributed by atoms with Crippen LogP contribution < -0.4 is 10.1 Å². The number of carbonyl (C=O) groups is 2. The maximum atomic E-state index is 12.7. The molecule has 11 heteroatoms. The SMILES string of the molecule is COc1cc(CC(=O)Nc2sc3c(c2C#N)CN(C(=O)OC(C)(C)C)C(C)C3)ccc1S(=O)O. The van der Waals surface area contributed by atoms with Crippen LogP contribution in [-0.4, -0.2) is 44.4 Å². The number of nitriles is 1. The molecular formula is C23H27N3O6S2. The highest BCUT2D eigenvalue weighted by Crippen LogP contribution is 2.38. The molecule has 2 atom stereocenters. The monoisotopic (exact) mass is 505 g/mol. The second-order valence-corrected chi connectivity index (χ2v) is 11.0. The molecule has 0 aliphatic carbocycles. The van der Waals surface area contributed by atoms with Gasteiger partial charge in [-0.15, -0.1) is 11.3 Å². The van der Waals surface area contributed by atoms with Gasteiger partial charge < -0.3 is 24.2 Å². The molecule has 2 N–H and O–H groups in total. The van der Waals surface area contributed by atoms with Gasteiger partial charge in [0.2, 0.25) is 5.91 Å². The first-order chi connectivity index (χ1) is 15.9. The minimum atomic E-state index is -2.21. The van der Waals surface area contributed by atoms with E-state index in [1.54, 1.807) is 31.7 Å². The molecule has 9 nitrogen and oxygen atoms in total. The van der Waals surface area contributed by atoms with E-state index in [0.717, 1.165) is 10.4 Å². The van der Waals surface area contributed by atoms with Crippen molar-refractivity contribution in [3.63, 3.8) is 0 Å². The molecular weight excluding hydrogens is 478 g/mol. The fourth-order valence-corrected chi connectivity index (χ4v) is 5.44. The van der Waals surface area contributed by atoms with Crippen molar-refractivity contribution in [1.29, 1.82) is 5.26 Å². The maximum absolute atomic E-state index is 12.7. The second kappa shape index (κ2) is 10.1. The minimum absolute atomic E-state index is 0.0113. The second-order valence-electron chi connectivity index (χ2n) is 8.94. The van der Waals surface area contributed by atoms with Gasteiger partial charge in [0.15, 0.2) is 11.1 Å². The zero-order chi connectivity index (χ0) is 25.2. The van der Waals surface area contributed by atoms with E-state index in [0.29, 0.717) is 22.5 Å². The van der Waals surface area contributed by atoms with Gasteiger partial charge >= 0.3 is 6.09 Å². The van der Waals surface area contributed by atoms with Crippen LogP contribution in [0.5, 0.6) is 5.75 Å². The molecule has 1 aliphatic rings. The molecule has 2 aromatic rings. The van der Waals surface area contributed by atoms with Crippen LogP contribution in [0.1, 0.15) is 49.3 Å². The van der Waals surface area contributed by atoms with Crippen LogP contribution >= 0.6 is 11.3 Å². The Hall–Kier alpha value is -2.94. The van der Waals surface area contributed by atoms with Crippen molar-refractivity contribution < 1.29 is 27.8 Å². The van der Waals surface area contributed by atoms with Gasteiger partial charge in [0.1, 0.15) is 27.3 Å². The molecule has 1 aromatic carbocycles. The third-order valence-electron chi connectivity index (χ3n) is 5.21. The van der Waals surface area contributed by atoms with Crippen LogP contribution in [0.25, 0.3) is 0 Å². The molecule has 0 bridgehead atoms.